The van der Waals surface area contributed by atoms with Crippen LogP contribution in [0.5, 0.6) is 0 Å². The number of carboxylic acids is 1. The summed E-state index contributed by atoms with van der Waals surface area (Å²) >= 11 is 0. The number of fused-ring (bicyclic) bond motifs is 3. The number of aliphatic carboxylic acids is 1. The number of carbonyl (C=O) groups is 6. The lowest BCUT2D eigenvalue weighted by molar-refractivity contribution is -0.287. The highest BCUT2D eigenvalue weighted by Gasteiger charge is 2.52. The van der Waals surface area contributed by atoms with E-state index in [9.17, 15) is 33.9 Å². The third-order valence-corrected chi connectivity index (χ3v) is 7.77. The number of nitrogens with one attached hydrogen (secondary N) is 2. The summed E-state index contributed by atoms with van der Waals surface area (Å²) in [5, 5.41) is 14.9. The van der Waals surface area contributed by atoms with E-state index < -0.39 is 85.3 Å². The zero-order valence-electron chi connectivity index (χ0n) is 27.0. The molecule has 7 atom stereocenters. The number of amides is 2. The van der Waals surface area contributed by atoms with E-state index in [0.717, 1.165) is 49.9 Å². The fraction of sp³-hybridized carbons (Fsp3) is 0.455. The number of alkyl carbamates (subject to hydrolysis) is 1. The average Bonchev–Trinajstić information content (AvgIpc) is 3.33. The van der Waals surface area contributed by atoms with Gasteiger partial charge in [0.15, 0.2) is 24.5 Å². The Balaban J connectivity index is 1.52. The molecule has 0 saturated carbocycles. The molecule has 258 valence electrons. The second-order valence-electron chi connectivity index (χ2n) is 11.3. The van der Waals surface area contributed by atoms with Crippen molar-refractivity contribution in [2.24, 2.45) is 0 Å². The number of carbonyl (C=O) groups excluding carboxylic acids is 5. The normalized spacial score (nSPS) is 22.6. The number of esters is 3. The molecule has 48 heavy (non-hydrogen) atoms. The van der Waals surface area contributed by atoms with Crippen LogP contribution < -0.4 is 10.6 Å². The summed E-state index contributed by atoms with van der Waals surface area (Å²) in [7, 11) is 0. The zero-order chi connectivity index (χ0) is 35.1. The fourth-order valence-electron chi connectivity index (χ4n) is 5.84. The summed E-state index contributed by atoms with van der Waals surface area (Å²) < 4.78 is 33.2. The molecule has 1 aliphatic heterocycles. The van der Waals surface area contributed by atoms with Crippen molar-refractivity contribution in [1.29, 1.82) is 0 Å². The maximum Gasteiger partial charge on any atom is 0.407 e. The topological polar surface area (TPSA) is 202 Å². The Morgan fingerprint density at radius 3 is 1.88 bits per heavy atom. The van der Waals surface area contributed by atoms with Gasteiger partial charge in [-0.25, -0.2) is 9.59 Å². The molecular formula is C33H38N2O13. The number of hydrogen-bond donors (Lipinski definition) is 3. The Labute approximate surface area is 276 Å². The predicted octanol–water partition coefficient (Wildman–Crippen LogP) is 2.04. The van der Waals surface area contributed by atoms with Gasteiger partial charge in [0.25, 0.3) is 0 Å². The lowest BCUT2D eigenvalue weighted by Crippen LogP contribution is -2.67. The molecule has 0 aromatic heterocycles. The number of rotatable bonds is 12. The van der Waals surface area contributed by atoms with Crippen LogP contribution in [0.25, 0.3) is 11.1 Å². The van der Waals surface area contributed by atoms with Crippen LogP contribution in [-0.4, -0.2) is 97.0 Å². The van der Waals surface area contributed by atoms with Crippen LogP contribution in [0.1, 0.15) is 51.7 Å². The smallest absolute Gasteiger partial charge is 0.407 e. The molecule has 1 saturated heterocycles. The van der Waals surface area contributed by atoms with Gasteiger partial charge < -0.3 is 44.2 Å². The van der Waals surface area contributed by atoms with Crippen LogP contribution in [0.4, 0.5) is 4.79 Å². The first-order chi connectivity index (χ1) is 22.8. The van der Waals surface area contributed by atoms with Crippen molar-refractivity contribution >= 4 is 35.9 Å². The van der Waals surface area contributed by atoms with Gasteiger partial charge in [-0.3, -0.25) is 19.2 Å². The summed E-state index contributed by atoms with van der Waals surface area (Å²) in [6.07, 6.45) is -7.98. The van der Waals surface area contributed by atoms with Gasteiger partial charge in [-0.05, 0) is 29.2 Å². The molecule has 0 unspecified atom stereocenters. The molecule has 2 aliphatic rings. The van der Waals surface area contributed by atoms with Gasteiger partial charge in [0.2, 0.25) is 5.91 Å². The Morgan fingerprint density at radius 1 is 0.792 bits per heavy atom. The fourth-order valence-corrected chi connectivity index (χ4v) is 5.84. The van der Waals surface area contributed by atoms with E-state index in [1.165, 1.54) is 6.92 Å². The molecule has 1 fully saturated rings. The minimum atomic E-state index is -1.69. The number of benzene rings is 2. The first kappa shape index (κ1) is 35.8. The molecule has 2 amide bonds. The van der Waals surface area contributed by atoms with Gasteiger partial charge in [0.1, 0.15) is 25.4 Å². The third kappa shape index (κ3) is 8.66. The largest absolute Gasteiger partial charge is 0.480 e. The van der Waals surface area contributed by atoms with Crippen LogP contribution in [0, 0.1) is 0 Å². The first-order valence-corrected chi connectivity index (χ1v) is 15.2. The van der Waals surface area contributed by atoms with E-state index in [4.69, 9.17) is 28.4 Å². The first-order valence-electron chi connectivity index (χ1n) is 15.2. The van der Waals surface area contributed by atoms with Crippen LogP contribution in [0.3, 0.4) is 0 Å². The SMILES string of the molecule is CC(=O)N[C@H]1[C@H](O[C@H](C)[C@H](NC(=O)OCC2c3ccccc3-c3ccccc32)C(=O)O)O[C@H](COC(C)=O)[C@@H](OC(C)=O)[C@H]1OC(C)=O. The van der Waals surface area contributed by atoms with E-state index in [0.29, 0.717) is 0 Å². The molecule has 4 rings (SSSR count). The van der Waals surface area contributed by atoms with Crippen molar-refractivity contribution < 1.29 is 62.3 Å². The monoisotopic (exact) mass is 670 g/mol. The molecule has 2 aromatic carbocycles. The van der Waals surface area contributed by atoms with Crippen LogP contribution >= 0.6 is 0 Å². The molecule has 2 aromatic rings. The molecule has 1 aliphatic carbocycles. The van der Waals surface area contributed by atoms with Crippen LogP contribution in [-0.2, 0) is 52.4 Å². The van der Waals surface area contributed by atoms with Crippen molar-refractivity contribution in [3.8, 4) is 11.1 Å². The number of hydrogen-bond acceptors (Lipinski definition) is 12. The van der Waals surface area contributed by atoms with E-state index in [1.807, 2.05) is 48.5 Å². The molecule has 0 bridgehead atoms. The van der Waals surface area contributed by atoms with Gasteiger partial charge >= 0.3 is 30.0 Å². The highest BCUT2D eigenvalue weighted by molar-refractivity contribution is 5.81. The summed E-state index contributed by atoms with van der Waals surface area (Å²) in [6.45, 7) is 5.26. The molecule has 15 nitrogen and oxygen atoms in total. The van der Waals surface area contributed by atoms with Gasteiger partial charge in [-0.15, -0.1) is 0 Å². The van der Waals surface area contributed by atoms with Gasteiger partial charge in [-0.1, -0.05) is 48.5 Å². The van der Waals surface area contributed by atoms with E-state index in [1.54, 1.807) is 0 Å². The number of ether oxygens (including phenoxy) is 6. The minimum absolute atomic E-state index is 0.0722. The Kier molecular flexibility index (Phi) is 11.7. The predicted molar refractivity (Wildman–Crippen MR) is 164 cm³/mol. The highest BCUT2D eigenvalue weighted by Crippen LogP contribution is 2.44. The van der Waals surface area contributed by atoms with Gasteiger partial charge in [0, 0.05) is 33.6 Å². The van der Waals surface area contributed by atoms with E-state index in [-0.39, 0.29) is 12.5 Å². The highest BCUT2D eigenvalue weighted by atomic mass is 16.7. The maximum atomic E-state index is 13.0. The minimum Gasteiger partial charge on any atom is -0.480 e. The second kappa shape index (κ2) is 15.7. The molecule has 3 N–H and O–H groups in total. The average molecular weight is 671 g/mol. The lowest BCUT2D eigenvalue weighted by Gasteiger charge is -2.45. The lowest BCUT2D eigenvalue weighted by atomic mass is 9.95. The summed E-state index contributed by atoms with van der Waals surface area (Å²) in [5.41, 5.74) is 3.97. The quantitative estimate of drug-likeness (QED) is 0.219. The second-order valence-corrected chi connectivity index (χ2v) is 11.3. The van der Waals surface area contributed by atoms with Crippen LogP contribution in [0.15, 0.2) is 48.5 Å². The van der Waals surface area contributed by atoms with Crippen molar-refractivity contribution in [3.05, 3.63) is 59.7 Å². The standard InChI is InChI=1S/C33H38N2O13/c1-16(27(31(40)41)35-33(42)44-14-25-23-12-8-6-10-21(23)22-11-7-9-13-24(22)25)45-32-28(34-17(2)36)30(47-20(5)39)29(46-19(4)38)26(48-32)15-43-18(3)37/h6-13,16,25-30,32H,14-15H2,1-5H3,(H,34,36)(H,35,42)(H,40,41)/t16-,26-,27+,28-,29-,30+,32-/m1/s1. The van der Waals surface area contributed by atoms with Gasteiger partial charge in [0.05, 0.1) is 6.10 Å². The Morgan fingerprint density at radius 2 is 1.35 bits per heavy atom. The van der Waals surface area contributed by atoms with Crippen molar-refractivity contribution in [1.82, 2.24) is 10.6 Å². The molecule has 0 spiro atoms. The summed E-state index contributed by atoms with van der Waals surface area (Å²) in [4.78, 5) is 73.2. The zero-order valence-corrected chi connectivity index (χ0v) is 27.0. The molecular weight excluding hydrogens is 632 g/mol. The maximum absolute atomic E-state index is 13.0. The number of carboxylic acid groups (broad SMARTS) is 1. The summed E-state index contributed by atoms with van der Waals surface area (Å²) in [6, 6.07) is 12.4. The van der Waals surface area contributed by atoms with E-state index in [2.05, 4.69) is 10.6 Å². The van der Waals surface area contributed by atoms with Crippen LogP contribution in [0.2, 0.25) is 0 Å². The Hall–Kier alpha value is -5.02. The van der Waals surface area contributed by atoms with Crippen molar-refractivity contribution in [2.45, 2.75) is 83.3 Å². The van der Waals surface area contributed by atoms with E-state index >= 15 is 0 Å². The Bertz CT molecular complexity index is 1500. The molecule has 1 heterocycles. The molecule has 0 radical (unpaired) electrons. The van der Waals surface area contributed by atoms with Gasteiger partial charge in [-0.2, -0.15) is 0 Å². The summed E-state index contributed by atoms with van der Waals surface area (Å²) in [5.74, 6) is -4.67. The third-order valence-electron chi connectivity index (χ3n) is 7.77. The van der Waals surface area contributed by atoms with Crippen molar-refractivity contribution in [2.75, 3.05) is 13.2 Å². The molecule has 15 heteroatoms. The van der Waals surface area contributed by atoms with Crippen molar-refractivity contribution in [3.63, 3.8) is 0 Å².